The molecule has 4 rings (SSSR count). The SMILES string of the molecule is CC(=O)c1c(C)[nH]c(C(=O)Nc2nc3c(s2)CN(Cc2ccccc2)CC3)c1C. The molecule has 7 heteroatoms. The predicted molar refractivity (Wildman–Crippen MR) is 115 cm³/mol. The molecule has 0 saturated carbocycles. The van der Waals surface area contributed by atoms with Crippen LogP contribution in [0.2, 0.25) is 0 Å². The third-order valence-corrected chi connectivity index (χ3v) is 6.29. The molecule has 6 nitrogen and oxygen atoms in total. The lowest BCUT2D eigenvalue weighted by molar-refractivity contribution is 0.101. The Morgan fingerprint density at radius 3 is 2.69 bits per heavy atom. The molecule has 0 unspecified atom stereocenters. The second kappa shape index (κ2) is 7.93. The van der Waals surface area contributed by atoms with Crippen molar-refractivity contribution in [2.24, 2.45) is 0 Å². The fraction of sp³-hybridized carbons (Fsp3) is 0.318. The van der Waals surface area contributed by atoms with Crippen LogP contribution < -0.4 is 5.32 Å². The predicted octanol–water partition coefficient (Wildman–Crippen LogP) is 4.10. The maximum Gasteiger partial charge on any atom is 0.274 e. The molecule has 3 aromatic rings. The molecular weight excluding hydrogens is 384 g/mol. The summed E-state index contributed by atoms with van der Waals surface area (Å²) in [7, 11) is 0. The summed E-state index contributed by atoms with van der Waals surface area (Å²) in [5, 5.41) is 3.52. The van der Waals surface area contributed by atoms with Gasteiger partial charge in [-0.2, -0.15) is 0 Å². The lowest BCUT2D eigenvalue weighted by Crippen LogP contribution is -2.29. The first-order chi connectivity index (χ1) is 13.9. The number of aromatic nitrogens is 2. The van der Waals surface area contributed by atoms with Gasteiger partial charge in [-0.15, -0.1) is 11.3 Å². The number of nitrogens with zero attached hydrogens (tertiary/aromatic N) is 2. The van der Waals surface area contributed by atoms with E-state index in [9.17, 15) is 9.59 Å². The van der Waals surface area contributed by atoms with E-state index < -0.39 is 0 Å². The molecular formula is C22H24N4O2S. The zero-order chi connectivity index (χ0) is 20.5. The average molecular weight is 409 g/mol. The van der Waals surface area contributed by atoms with Gasteiger partial charge in [0.15, 0.2) is 10.9 Å². The van der Waals surface area contributed by atoms with E-state index >= 15 is 0 Å². The van der Waals surface area contributed by atoms with Crippen LogP contribution in [0, 0.1) is 13.8 Å². The molecule has 1 aliphatic heterocycles. The molecule has 0 aliphatic carbocycles. The van der Waals surface area contributed by atoms with E-state index in [1.54, 1.807) is 6.92 Å². The van der Waals surface area contributed by atoms with Gasteiger partial charge in [0, 0.05) is 42.2 Å². The molecule has 0 saturated heterocycles. The number of ketones is 1. The Labute approximate surface area is 174 Å². The van der Waals surface area contributed by atoms with Crippen LogP contribution in [0.25, 0.3) is 0 Å². The first-order valence-electron chi connectivity index (χ1n) is 9.68. The molecule has 150 valence electrons. The van der Waals surface area contributed by atoms with Gasteiger partial charge < -0.3 is 4.98 Å². The summed E-state index contributed by atoms with van der Waals surface area (Å²) in [4.78, 5) is 35.8. The van der Waals surface area contributed by atoms with E-state index in [1.165, 1.54) is 28.7 Å². The van der Waals surface area contributed by atoms with Crippen molar-refractivity contribution in [3.63, 3.8) is 0 Å². The number of nitrogens with one attached hydrogen (secondary N) is 2. The van der Waals surface area contributed by atoms with Gasteiger partial charge in [-0.25, -0.2) is 4.98 Å². The normalized spacial score (nSPS) is 13.9. The van der Waals surface area contributed by atoms with Crippen LogP contribution in [0.1, 0.15) is 55.2 Å². The van der Waals surface area contributed by atoms with Gasteiger partial charge in [-0.05, 0) is 31.9 Å². The molecule has 29 heavy (non-hydrogen) atoms. The number of carbonyl (C=O) groups excluding carboxylic acids is 2. The van der Waals surface area contributed by atoms with E-state index in [-0.39, 0.29) is 11.7 Å². The summed E-state index contributed by atoms with van der Waals surface area (Å²) < 4.78 is 0. The molecule has 3 heterocycles. The molecule has 0 atom stereocenters. The quantitative estimate of drug-likeness (QED) is 0.623. The Kier molecular flexibility index (Phi) is 5.34. The van der Waals surface area contributed by atoms with Gasteiger partial charge in [0.1, 0.15) is 5.69 Å². The standard InChI is InChI=1S/C22H24N4O2S/c1-13-19(15(3)27)14(2)23-20(13)21(28)25-22-24-17-9-10-26(12-18(17)29-22)11-16-7-5-4-6-8-16/h4-8,23H,9-12H2,1-3H3,(H,24,25,28). The van der Waals surface area contributed by atoms with Crippen molar-refractivity contribution in [2.75, 3.05) is 11.9 Å². The van der Waals surface area contributed by atoms with Crippen LogP contribution in [-0.2, 0) is 19.5 Å². The molecule has 0 spiro atoms. The molecule has 1 amide bonds. The number of carbonyl (C=O) groups is 2. The summed E-state index contributed by atoms with van der Waals surface area (Å²) in [6.07, 6.45) is 0.879. The number of aromatic amines is 1. The molecule has 0 bridgehead atoms. The van der Waals surface area contributed by atoms with E-state index in [0.29, 0.717) is 22.0 Å². The number of thiazole rings is 1. The minimum absolute atomic E-state index is 0.0430. The minimum atomic E-state index is -0.259. The van der Waals surface area contributed by atoms with Crippen molar-refractivity contribution in [1.82, 2.24) is 14.9 Å². The number of benzene rings is 1. The fourth-order valence-electron chi connectivity index (χ4n) is 3.94. The first-order valence-corrected chi connectivity index (χ1v) is 10.5. The largest absolute Gasteiger partial charge is 0.354 e. The van der Waals surface area contributed by atoms with Gasteiger partial charge >= 0.3 is 0 Å². The number of Topliss-reactive ketones (excluding diaryl/α,β-unsaturated/α-hetero) is 1. The summed E-state index contributed by atoms with van der Waals surface area (Å²) in [6, 6.07) is 10.4. The van der Waals surface area contributed by atoms with Crippen molar-refractivity contribution in [3.05, 3.63) is 69.0 Å². The van der Waals surface area contributed by atoms with Crippen molar-refractivity contribution in [2.45, 2.75) is 40.3 Å². The van der Waals surface area contributed by atoms with Crippen molar-refractivity contribution in [3.8, 4) is 0 Å². The molecule has 0 fully saturated rings. The smallest absolute Gasteiger partial charge is 0.274 e. The topological polar surface area (TPSA) is 78.1 Å². The van der Waals surface area contributed by atoms with Gasteiger partial charge in [0.25, 0.3) is 5.91 Å². The highest BCUT2D eigenvalue weighted by atomic mass is 32.1. The Morgan fingerprint density at radius 2 is 2.00 bits per heavy atom. The number of amides is 1. The maximum absolute atomic E-state index is 12.7. The van der Waals surface area contributed by atoms with Gasteiger partial charge in [-0.3, -0.25) is 19.8 Å². The lowest BCUT2D eigenvalue weighted by atomic mass is 10.1. The monoisotopic (exact) mass is 408 g/mol. The van der Waals surface area contributed by atoms with E-state index in [1.807, 2.05) is 13.0 Å². The highest BCUT2D eigenvalue weighted by Crippen LogP contribution is 2.29. The highest BCUT2D eigenvalue weighted by molar-refractivity contribution is 7.15. The van der Waals surface area contributed by atoms with Gasteiger partial charge in [-0.1, -0.05) is 30.3 Å². The molecule has 2 N–H and O–H groups in total. The number of fused-ring (bicyclic) bond motifs is 1. The van der Waals surface area contributed by atoms with Crippen LogP contribution in [0.4, 0.5) is 5.13 Å². The van der Waals surface area contributed by atoms with Crippen molar-refractivity contribution >= 4 is 28.2 Å². The Morgan fingerprint density at radius 1 is 1.24 bits per heavy atom. The zero-order valence-corrected chi connectivity index (χ0v) is 17.7. The van der Waals surface area contributed by atoms with E-state index in [2.05, 4.69) is 44.5 Å². The minimum Gasteiger partial charge on any atom is -0.354 e. The molecule has 1 aromatic carbocycles. The van der Waals surface area contributed by atoms with E-state index in [0.717, 1.165) is 37.4 Å². The third-order valence-electron chi connectivity index (χ3n) is 5.30. The summed E-state index contributed by atoms with van der Waals surface area (Å²) in [5.74, 6) is -0.302. The van der Waals surface area contributed by atoms with Gasteiger partial charge in [0.2, 0.25) is 0 Å². The summed E-state index contributed by atoms with van der Waals surface area (Å²) in [6.45, 7) is 7.83. The molecule has 0 radical (unpaired) electrons. The Bertz CT molecular complexity index is 1070. The first kappa shape index (κ1) is 19.5. The van der Waals surface area contributed by atoms with Crippen LogP contribution in [0.5, 0.6) is 0 Å². The fourth-order valence-corrected chi connectivity index (χ4v) is 4.99. The van der Waals surface area contributed by atoms with E-state index in [4.69, 9.17) is 0 Å². The number of anilines is 1. The van der Waals surface area contributed by atoms with Crippen LogP contribution in [-0.4, -0.2) is 33.1 Å². The second-order valence-electron chi connectivity index (χ2n) is 7.47. The second-order valence-corrected chi connectivity index (χ2v) is 8.55. The number of rotatable bonds is 5. The Balaban J connectivity index is 1.46. The number of hydrogen-bond acceptors (Lipinski definition) is 5. The Hall–Kier alpha value is -2.77. The van der Waals surface area contributed by atoms with Crippen molar-refractivity contribution < 1.29 is 9.59 Å². The van der Waals surface area contributed by atoms with Gasteiger partial charge in [0.05, 0.1) is 5.69 Å². The molecule has 1 aliphatic rings. The van der Waals surface area contributed by atoms with Crippen LogP contribution in [0.3, 0.4) is 0 Å². The number of H-pyrrole nitrogens is 1. The number of hydrogen-bond donors (Lipinski definition) is 2. The summed E-state index contributed by atoms with van der Waals surface area (Å²) >= 11 is 1.53. The summed E-state index contributed by atoms with van der Waals surface area (Å²) in [5.41, 5.74) is 4.78. The van der Waals surface area contributed by atoms with Crippen LogP contribution in [0.15, 0.2) is 30.3 Å². The lowest BCUT2D eigenvalue weighted by Gasteiger charge is -2.25. The third kappa shape index (κ3) is 4.02. The molecule has 2 aromatic heterocycles. The van der Waals surface area contributed by atoms with Crippen LogP contribution >= 0.6 is 11.3 Å². The average Bonchev–Trinajstić information content (AvgIpc) is 3.21. The highest BCUT2D eigenvalue weighted by Gasteiger charge is 2.24. The van der Waals surface area contributed by atoms with Crippen molar-refractivity contribution in [1.29, 1.82) is 0 Å². The zero-order valence-electron chi connectivity index (χ0n) is 16.8. The number of aryl methyl sites for hydroxylation is 1. The maximum atomic E-state index is 12.7.